The molecule has 0 radical (unpaired) electrons. The SMILES string of the molecule is CC1CN(Cc2cc(Cl)ccc2F)CCN1.Cl. The molecule has 1 aliphatic rings. The number of rotatable bonds is 2. The van der Waals surface area contributed by atoms with Crippen molar-refractivity contribution >= 4 is 24.0 Å². The van der Waals surface area contributed by atoms with Crippen molar-refractivity contribution in [1.29, 1.82) is 0 Å². The Kier molecular flexibility index (Phi) is 5.67. The van der Waals surface area contributed by atoms with Gasteiger partial charge < -0.3 is 5.32 Å². The number of piperazine rings is 1. The van der Waals surface area contributed by atoms with Gasteiger partial charge in [-0.3, -0.25) is 4.90 Å². The molecule has 0 aliphatic carbocycles. The number of benzene rings is 1. The van der Waals surface area contributed by atoms with Crippen LogP contribution >= 0.6 is 24.0 Å². The van der Waals surface area contributed by atoms with Gasteiger partial charge in [-0.2, -0.15) is 0 Å². The van der Waals surface area contributed by atoms with Crippen LogP contribution in [0.5, 0.6) is 0 Å². The molecule has 5 heteroatoms. The summed E-state index contributed by atoms with van der Waals surface area (Å²) in [4.78, 5) is 2.25. The molecule has 17 heavy (non-hydrogen) atoms. The van der Waals surface area contributed by atoms with Gasteiger partial charge in [0.2, 0.25) is 0 Å². The number of halogens is 3. The first-order valence-corrected chi connectivity index (χ1v) is 5.92. The smallest absolute Gasteiger partial charge is 0.127 e. The van der Waals surface area contributed by atoms with E-state index in [1.807, 2.05) is 0 Å². The number of nitrogens with zero attached hydrogens (tertiary/aromatic N) is 1. The highest BCUT2D eigenvalue weighted by Gasteiger charge is 2.16. The molecule has 0 spiro atoms. The fourth-order valence-electron chi connectivity index (χ4n) is 2.06. The van der Waals surface area contributed by atoms with Gasteiger partial charge in [0.05, 0.1) is 0 Å². The second kappa shape index (κ2) is 6.55. The lowest BCUT2D eigenvalue weighted by Crippen LogP contribution is -2.48. The van der Waals surface area contributed by atoms with Crippen molar-refractivity contribution < 1.29 is 4.39 Å². The zero-order chi connectivity index (χ0) is 11.5. The molecule has 0 aromatic heterocycles. The van der Waals surface area contributed by atoms with Crippen LogP contribution in [-0.4, -0.2) is 30.6 Å². The highest BCUT2D eigenvalue weighted by atomic mass is 35.5. The Hall–Kier alpha value is -0.350. The lowest BCUT2D eigenvalue weighted by atomic mass is 10.1. The zero-order valence-corrected chi connectivity index (χ0v) is 11.3. The van der Waals surface area contributed by atoms with E-state index in [-0.39, 0.29) is 18.2 Å². The predicted octanol–water partition coefficient (Wildman–Crippen LogP) is 2.69. The number of hydrogen-bond donors (Lipinski definition) is 1. The van der Waals surface area contributed by atoms with Crippen LogP contribution in [0.1, 0.15) is 12.5 Å². The minimum Gasteiger partial charge on any atom is -0.312 e. The van der Waals surface area contributed by atoms with Crippen molar-refractivity contribution in [3.8, 4) is 0 Å². The Bertz CT molecular complexity index is 374. The largest absolute Gasteiger partial charge is 0.312 e. The molecule has 1 atom stereocenters. The molecule has 0 amide bonds. The molecule has 1 aliphatic heterocycles. The van der Waals surface area contributed by atoms with E-state index in [4.69, 9.17) is 11.6 Å². The van der Waals surface area contributed by atoms with Crippen LogP contribution < -0.4 is 5.32 Å². The van der Waals surface area contributed by atoms with Crippen LogP contribution in [0.3, 0.4) is 0 Å². The summed E-state index contributed by atoms with van der Waals surface area (Å²) in [6, 6.07) is 5.20. The minimum atomic E-state index is -0.171. The summed E-state index contributed by atoms with van der Waals surface area (Å²) in [6.45, 7) is 5.64. The van der Waals surface area contributed by atoms with Crippen LogP contribution in [0.25, 0.3) is 0 Å². The third-order valence-corrected chi connectivity index (χ3v) is 3.09. The quantitative estimate of drug-likeness (QED) is 0.895. The van der Waals surface area contributed by atoms with Gasteiger partial charge >= 0.3 is 0 Å². The first kappa shape index (κ1) is 14.7. The predicted molar refractivity (Wildman–Crippen MR) is 71.4 cm³/mol. The molecule has 1 fully saturated rings. The van der Waals surface area contributed by atoms with E-state index < -0.39 is 0 Å². The van der Waals surface area contributed by atoms with E-state index >= 15 is 0 Å². The summed E-state index contributed by atoms with van der Waals surface area (Å²) < 4.78 is 13.5. The highest BCUT2D eigenvalue weighted by Crippen LogP contribution is 2.17. The van der Waals surface area contributed by atoms with E-state index in [1.54, 1.807) is 12.1 Å². The van der Waals surface area contributed by atoms with Crippen molar-refractivity contribution in [3.63, 3.8) is 0 Å². The van der Waals surface area contributed by atoms with Crippen LogP contribution in [0.2, 0.25) is 5.02 Å². The van der Waals surface area contributed by atoms with Gasteiger partial charge in [-0.1, -0.05) is 11.6 Å². The zero-order valence-electron chi connectivity index (χ0n) is 9.75. The third-order valence-electron chi connectivity index (χ3n) is 2.85. The van der Waals surface area contributed by atoms with Crippen LogP contribution in [0.15, 0.2) is 18.2 Å². The molecule has 2 rings (SSSR count). The molecule has 1 aromatic carbocycles. The molecule has 1 unspecified atom stereocenters. The Morgan fingerprint density at radius 3 is 3.00 bits per heavy atom. The van der Waals surface area contributed by atoms with E-state index in [1.165, 1.54) is 6.07 Å². The average molecular weight is 279 g/mol. The summed E-state index contributed by atoms with van der Waals surface area (Å²) in [7, 11) is 0. The van der Waals surface area contributed by atoms with Crippen molar-refractivity contribution in [2.45, 2.75) is 19.5 Å². The van der Waals surface area contributed by atoms with Gasteiger partial charge in [-0.25, -0.2) is 4.39 Å². The molecule has 1 aromatic rings. The highest BCUT2D eigenvalue weighted by molar-refractivity contribution is 6.30. The summed E-state index contributed by atoms with van der Waals surface area (Å²) >= 11 is 5.87. The van der Waals surface area contributed by atoms with E-state index in [2.05, 4.69) is 17.1 Å². The molecule has 1 heterocycles. The Balaban J connectivity index is 0.00000144. The standard InChI is InChI=1S/C12H16ClFN2.ClH/c1-9-7-16(5-4-15-9)8-10-6-11(13)2-3-12(10)14;/h2-3,6,9,15H,4-5,7-8H2,1H3;1H. The number of hydrogen-bond acceptors (Lipinski definition) is 2. The normalized spacial score (nSPS) is 21.0. The van der Waals surface area contributed by atoms with Crippen molar-refractivity contribution in [1.82, 2.24) is 10.2 Å². The van der Waals surface area contributed by atoms with E-state index in [0.717, 1.165) is 19.6 Å². The Morgan fingerprint density at radius 1 is 1.53 bits per heavy atom. The fourth-order valence-corrected chi connectivity index (χ4v) is 2.26. The maximum absolute atomic E-state index is 13.5. The Morgan fingerprint density at radius 2 is 2.29 bits per heavy atom. The molecule has 0 saturated carbocycles. The monoisotopic (exact) mass is 278 g/mol. The summed E-state index contributed by atoms with van der Waals surface area (Å²) in [6.07, 6.45) is 0. The molecule has 1 saturated heterocycles. The first-order valence-electron chi connectivity index (χ1n) is 5.55. The van der Waals surface area contributed by atoms with Crippen molar-refractivity contribution in [3.05, 3.63) is 34.6 Å². The summed E-state index contributed by atoms with van der Waals surface area (Å²) in [5, 5.41) is 3.96. The van der Waals surface area contributed by atoms with Gasteiger partial charge in [0.1, 0.15) is 5.82 Å². The van der Waals surface area contributed by atoms with E-state index in [9.17, 15) is 4.39 Å². The van der Waals surface area contributed by atoms with Gasteiger partial charge in [0.25, 0.3) is 0 Å². The third kappa shape index (κ3) is 4.11. The second-order valence-electron chi connectivity index (χ2n) is 4.33. The van der Waals surface area contributed by atoms with Gasteiger partial charge in [-0.15, -0.1) is 12.4 Å². The van der Waals surface area contributed by atoms with Gasteiger partial charge in [0.15, 0.2) is 0 Å². The molecule has 0 bridgehead atoms. The maximum atomic E-state index is 13.5. The van der Waals surface area contributed by atoms with E-state index in [0.29, 0.717) is 23.2 Å². The second-order valence-corrected chi connectivity index (χ2v) is 4.76. The van der Waals surface area contributed by atoms with Crippen LogP contribution in [-0.2, 0) is 6.54 Å². The number of nitrogens with one attached hydrogen (secondary N) is 1. The topological polar surface area (TPSA) is 15.3 Å². The molecule has 96 valence electrons. The van der Waals surface area contributed by atoms with Crippen LogP contribution in [0.4, 0.5) is 4.39 Å². The van der Waals surface area contributed by atoms with Gasteiger partial charge in [-0.05, 0) is 25.1 Å². The minimum absolute atomic E-state index is 0. The van der Waals surface area contributed by atoms with Gasteiger partial charge in [0, 0.05) is 42.8 Å². The van der Waals surface area contributed by atoms with Crippen LogP contribution in [0, 0.1) is 5.82 Å². The van der Waals surface area contributed by atoms with Crippen molar-refractivity contribution in [2.24, 2.45) is 0 Å². The fraction of sp³-hybridized carbons (Fsp3) is 0.500. The average Bonchev–Trinajstić information content (AvgIpc) is 2.24. The maximum Gasteiger partial charge on any atom is 0.127 e. The Labute approximate surface area is 113 Å². The summed E-state index contributed by atoms with van der Waals surface area (Å²) in [5.74, 6) is -0.171. The molecule has 1 N–H and O–H groups in total. The lowest BCUT2D eigenvalue weighted by Gasteiger charge is -2.31. The van der Waals surface area contributed by atoms with Crippen molar-refractivity contribution in [2.75, 3.05) is 19.6 Å². The molecular formula is C12H17Cl2FN2. The summed E-state index contributed by atoms with van der Waals surface area (Å²) in [5.41, 5.74) is 0.682. The molecule has 2 nitrogen and oxygen atoms in total. The lowest BCUT2D eigenvalue weighted by molar-refractivity contribution is 0.197. The first-order chi connectivity index (χ1) is 7.65. The molecular weight excluding hydrogens is 262 g/mol.